The van der Waals surface area contributed by atoms with Crippen molar-refractivity contribution < 1.29 is 14.7 Å². The summed E-state index contributed by atoms with van der Waals surface area (Å²) in [5.74, 6) is -1.33. The predicted molar refractivity (Wildman–Crippen MR) is 88.8 cm³/mol. The Morgan fingerprint density at radius 1 is 1.14 bits per heavy atom. The van der Waals surface area contributed by atoms with Gasteiger partial charge in [0.2, 0.25) is 5.91 Å². The molecule has 0 bridgehead atoms. The Hall–Kier alpha value is -1.98. The third kappa shape index (κ3) is 4.26. The van der Waals surface area contributed by atoms with E-state index in [1.54, 1.807) is 37.3 Å². The van der Waals surface area contributed by atoms with Crippen LogP contribution in [-0.4, -0.2) is 22.2 Å². The van der Waals surface area contributed by atoms with Crippen molar-refractivity contribution in [1.82, 2.24) is 0 Å². The van der Waals surface area contributed by atoms with E-state index in [4.69, 9.17) is 16.7 Å². The third-order valence-corrected chi connectivity index (χ3v) is 4.28. The molecule has 2 rings (SSSR count). The fraction of sp³-hybridized carbons (Fsp3) is 0.125. The number of thioether (sulfide) groups is 1. The monoisotopic (exact) mass is 335 g/mol. The molecule has 22 heavy (non-hydrogen) atoms. The highest BCUT2D eigenvalue weighted by molar-refractivity contribution is 8.00. The van der Waals surface area contributed by atoms with Gasteiger partial charge in [-0.25, -0.2) is 4.79 Å². The molecule has 2 aromatic rings. The van der Waals surface area contributed by atoms with E-state index in [0.29, 0.717) is 10.7 Å². The normalized spacial score (nSPS) is 11.7. The molecule has 0 spiro atoms. The van der Waals surface area contributed by atoms with Crippen LogP contribution in [0.15, 0.2) is 53.4 Å². The first-order valence-corrected chi connectivity index (χ1v) is 7.78. The van der Waals surface area contributed by atoms with Gasteiger partial charge in [-0.2, -0.15) is 0 Å². The number of hydrogen-bond donors (Lipinski definition) is 2. The fourth-order valence-electron chi connectivity index (χ4n) is 1.78. The van der Waals surface area contributed by atoms with Crippen LogP contribution in [0.2, 0.25) is 5.02 Å². The zero-order valence-electron chi connectivity index (χ0n) is 11.7. The van der Waals surface area contributed by atoms with Gasteiger partial charge in [0.05, 0.1) is 16.5 Å². The van der Waals surface area contributed by atoms with Crippen LogP contribution in [0.1, 0.15) is 17.3 Å². The minimum absolute atomic E-state index is 0.0690. The van der Waals surface area contributed by atoms with E-state index in [0.717, 1.165) is 4.90 Å². The molecule has 2 aromatic carbocycles. The molecule has 114 valence electrons. The van der Waals surface area contributed by atoms with Crippen molar-refractivity contribution in [3.8, 4) is 0 Å². The van der Waals surface area contributed by atoms with Gasteiger partial charge in [-0.3, -0.25) is 4.79 Å². The molecule has 1 unspecified atom stereocenters. The fourth-order valence-corrected chi connectivity index (χ4v) is 2.78. The lowest BCUT2D eigenvalue weighted by molar-refractivity contribution is -0.115. The van der Waals surface area contributed by atoms with Crippen LogP contribution < -0.4 is 5.32 Å². The van der Waals surface area contributed by atoms with Crippen molar-refractivity contribution in [2.24, 2.45) is 0 Å². The molecular formula is C16H14ClNO3S. The van der Waals surface area contributed by atoms with Crippen molar-refractivity contribution in [3.05, 3.63) is 59.1 Å². The molecule has 1 atom stereocenters. The molecule has 0 heterocycles. The molecule has 1 amide bonds. The number of halogens is 1. The Balaban J connectivity index is 2.05. The van der Waals surface area contributed by atoms with Crippen molar-refractivity contribution in [2.75, 3.05) is 5.32 Å². The number of carbonyl (C=O) groups is 2. The number of aromatic carboxylic acids is 1. The summed E-state index contributed by atoms with van der Waals surface area (Å²) in [6.45, 7) is 1.76. The van der Waals surface area contributed by atoms with Gasteiger partial charge >= 0.3 is 5.97 Å². The first-order valence-electron chi connectivity index (χ1n) is 6.53. The molecule has 4 nitrogen and oxygen atoms in total. The van der Waals surface area contributed by atoms with Gasteiger partial charge < -0.3 is 10.4 Å². The number of nitrogens with one attached hydrogen (secondary N) is 1. The van der Waals surface area contributed by atoms with Crippen molar-refractivity contribution >= 4 is 40.9 Å². The number of hydrogen-bond acceptors (Lipinski definition) is 3. The highest BCUT2D eigenvalue weighted by Crippen LogP contribution is 2.26. The number of para-hydroxylation sites is 1. The lowest BCUT2D eigenvalue weighted by Crippen LogP contribution is -2.23. The van der Waals surface area contributed by atoms with Crippen LogP contribution >= 0.6 is 23.4 Å². The largest absolute Gasteiger partial charge is 0.478 e. The van der Waals surface area contributed by atoms with E-state index >= 15 is 0 Å². The number of carboxylic acid groups (broad SMARTS) is 1. The summed E-state index contributed by atoms with van der Waals surface area (Å²) in [6, 6.07) is 13.5. The average molecular weight is 336 g/mol. The molecule has 6 heteroatoms. The minimum atomic E-state index is -1.08. The van der Waals surface area contributed by atoms with Crippen LogP contribution in [0.25, 0.3) is 0 Å². The number of carbonyl (C=O) groups excluding carboxylic acids is 1. The standard InChI is InChI=1S/C16H14ClNO3S/c1-10(22-12-8-6-11(17)7-9-12)15(19)18-14-5-3-2-4-13(14)16(20)21/h2-10H,1H3,(H,18,19)(H,20,21). The summed E-state index contributed by atoms with van der Waals surface area (Å²) < 4.78 is 0. The summed E-state index contributed by atoms with van der Waals surface area (Å²) in [4.78, 5) is 24.2. The summed E-state index contributed by atoms with van der Waals surface area (Å²) in [7, 11) is 0. The molecule has 0 aliphatic rings. The molecule has 0 saturated heterocycles. The second-order valence-corrected chi connectivity index (χ2v) is 6.40. The average Bonchev–Trinajstić information content (AvgIpc) is 2.49. The van der Waals surface area contributed by atoms with Gasteiger partial charge in [0.25, 0.3) is 0 Å². The van der Waals surface area contributed by atoms with Gasteiger partial charge in [0, 0.05) is 9.92 Å². The van der Waals surface area contributed by atoms with E-state index in [1.165, 1.54) is 17.8 Å². The Morgan fingerprint density at radius 3 is 2.41 bits per heavy atom. The van der Waals surface area contributed by atoms with Crippen LogP contribution in [-0.2, 0) is 4.79 Å². The maximum atomic E-state index is 12.2. The van der Waals surface area contributed by atoms with Crippen molar-refractivity contribution in [2.45, 2.75) is 17.1 Å². The lowest BCUT2D eigenvalue weighted by atomic mass is 10.2. The SMILES string of the molecule is CC(Sc1ccc(Cl)cc1)C(=O)Nc1ccccc1C(=O)O. The summed E-state index contributed by atoms with van der Waals surface area (Å²) >= 11 is 7.20. The maximum Gasteiger partial charge on any atom is 0.337 e. The Labute approximate surface area is 137 Å². The van der Waals surface area contributed by atoms with Gasteiger partial charge in [-0.15, -0.1) is 11.8 Å². The molecule has 0 aliphatic carbocycles. The quantitative estimate of drug-likeness (QED) is 0.805. The smallest absolute Gasteiger partial charge is 0.337 e. The van der Waals surface area contributed by atoms with E-state index < -0.39 is 5.97 Å². The molecule has 0 fully saturated rings. The third-order valence-electron chi connectivity index (χ3n) is 2.91. The summed E-state index contributed by atoms with van der Waals surface area (Å²) in [5.41, 5.74) is 0.364. The second-order valence-electron chi connectivity index (χ2n) is 4.55. The zero-order chi connectivity index (χ0) is 16.1. The summed E-state index contributed by atoms with van der Waals surface area (Å²) in [5, 5.41) is 12.0. The highest BCUT2D eigenvalue weighted by Gasteiger charge is 2.17. The maximum absolute atomic E-state index is 12.2. The van der Waals surface area contributed by atoms with Crippen LogP contribution in [0.5, 0.6) is 0 Å². The second kappa shape index (κ2) is 7.33. The lowest BCUT2D eigenvalue weighted by Gasteiger charge is -2.13. The first kappa shape index (κ1) is 16.4. The Kier molecular flexibility index (Phi) is 5.46. The van der Waals surface area contributed by atoms with Gasteiger partial charge in [0.1, 0.15) is 0 Å². The Bertz CT molecular complexity index is 688. The predicted octanol–water partition coefficient (Wildman–Crippen LogP) is 4.16. The minimum Gasteiger partial charge on any atom is -0.478 e. The van der Waals surface area contributed by atoms with Gasteiger partial charge in [-0.05, 0) is 43.3 Å². The number of rotatable bonds is 5. The van der Waals surface area contributed by atoms with E-state index in [2.05, 4.69) is 5.32 Å². The van der Waals surface area contributed by atoms with Gasteiger partial charge in [0.15, 0.2) is 0 Å². The Morgan fingerprint density at radius 2 is 1.77 bits per heavy atom. The van der Waals surface area contributed by atoms with E-state index in [-0.39, 0.29) is 16.7 Å². The zero-order valence-corrected chi connectivity index (χ0v) is 13.3. The van der Waals surface area contributed by atoms with Crippen molar-refractivity contribution in [1.29, 1.82) is 0 Å². The molecule has 2 N–H and O–H groups in total. The number of carboxylic acids is 1. The number of benzene rings is 2. The van der Waals surface area contributed by atoms with Crippen molar-refractivity contribution in [3.63, 3.8) is 0 Å². The van der Waals surface area contributed by atoms with Crippen LogP contribution in [0.3, 0.4) is 0 Å². The molecule has 0 saturated carbocycles. The number of amides is 1. The van der Waals surface area contributed by atoms with E-state index in [1.807, 2.05) is 12.1 Å². The highest BCUT2D eigenvalue weighted by atomic mass is 35.5. The van der Waals surface area contributed by atoms with E-state index in [9.17, 15) is 9.59 Å². The molecule has 0 radical (unpaired) electrons. The molecule has 0 aliphatic heterocycles. The van der Waals surface area contributed by atoms with Crippen LogP contribution in [0, 0.1) is 0 Å². The number of anilines is 1. The molecule has 0 aromatic heterocycles. The first-order chi connectivity index (χ1) is 10.5. The topological polar surface area (TPSA) is 66.4 Å². The van der Waals surface area contributed by atoms with Crippen LogP contribution in [0.4, 0.5) is 5.69 Å². The summed E-state index contributed by atoms with van der Waals surface area (Å²) in [6.07, 6.45) is 0. The van der Waals surface area contributed by atoms with Gasteiger partial charge in [-0.1, -0.05) is 23.7 Å². The molecular weight excluding hydrogens is 322 g/mol.